The van der Waals surface area contributed by atoms with Crippen molar-refractivity contribution in [1.29, 1.82) is 0 Å². The number of carbonyl (C=O) groups excluding carboxylic acids is 3. The van der Waals surface area contributed by atoms with E-state index in [1.807, 2.05) is 51.8 Å². The number of nitrogens with one attached hydrogen (secondary N) is 3. The van der Waals surface area contributed by atoms with Crippen LogP contribution in [0.2, 0.25) is 0 Å². The molecule has 5 heterocycles. The smallest absolute Gasteiger partial charge is 0.410 e. The van der Waals surface area contributed by atoms with Crippen molar-refractivity contribution in [3.63, 3.8) is 0 Å². The number of ether oxygens (including phenoxy) is 4. The van der Waals surface area contributed by atoms with Crippen LogP contribution in [0.5, 0.6) is 5.75 Å². The van der Waals surface area contributed by atoms with Gasteiger partial charge in [0.15, 0.2) is 0 Å². The number of rotatable bonds is 8. The Morgan fingerprint density at radius 1 is 0.966 bits per heavy atom. The Morgan fingerprint density at radius 3 is 2.50 bits per heavy atom. The standard InChI is InChI=1S/C44H53N7O7/c1-23(2)37(49-42(53)56-8)41(52)50-20-25(21-55-7)14-35(50)40-46-32-12-10-26-16-31-29-11-9-27(15-28(29)22-57-36(31)17-30(26)38(32)48-40)33-18-45-39(47-33)34-13-24(3)19-51(34)43(54)58-44(4,5)6/h9-12,15-18,23-25,34-35,37H,13-14,19-22H2,1-8H3,(H,45,47)(H,46,48)(H,49,53)/t24?,25?,34?,35?,37-/m0/s1. The van der Waals surface area contributed by atoms with E-state index >= 15 is 0 Å². The third-order valence-corrected chi connectivity index (χ3v) is 11.5. The number of methoxy groups -OCH3 is 2. The molecule has 2 fully saturated rings. The SMILES string of the molecule is COCC1CC(c2nc3c(ccc4cc5c(cc43)OCc3cc(-c4cnc(C6CC(C)CN6C(=O)OC(C)(C)C)[nH]4)ccc3-5)[nH]2)N(C(=O)[C@@H](NC(=O)OC)C(C)C)C1. The molecule has 14 heteroatoms. The molecule has 3 N–H and O–H groups in total. The minimum absolute atomic E-state index is 0.108. The van der Waals surface area contributed by atoms with E-state index < -0.39 is 17.7 Å². The molecule has 0 bridgehead atoms. The number of imidazole rings is 2. The second kappa shape index (κ2) is 15.3. The van der Waals surface area contributed by atoms with E-state index in [1.54, 1.807) is 12.0 Å². The number of benzene rings is 3. The lowest BCUT2D eigenvalue weighted by Gasteiger charge is -2.30. The number of hydrogen-bond acceptors (Lipinski definition) is 9. The van der Waals surface area contributed by atoms with Gasteiger partial charge in [-0.25, -0.2) is 19.6 Å². The van der Waals surface area contributed by atoms with Gasteiger partial charge in [-0.15, -0.1) is 0 Å². The van der Waals surface area contributed by atoms with Gasteiger partial charge in [0.1, 0.15) is 35.6 Å². The highest BCUT2D eigenvalue weighted by molar-refractivity contribution is 6.07. The van der Waals surface area contributed by atoms with E-state index in [4.69, 9.17) is 28.9 Å². The van der Waals surface area contributed by atoms with Crippen molar-refractivity contribution < 1.29 is 33.3 Å². The number of alkyl carbamates (subject to hydrolysis) is 1. The Morgan fingerprint density at radius 2 is 1.76 bits per heavy atom. The van der Waals surface area contributed by atoms with Crippen molar-refractivity contribution in [1.82, 2.24) is 35.1 Å². The van der Waals surface area contributed by atoms with Gasteiger partial charge in [-0.05, 0) is 91.8 Å². The second-order valence-corrected chi connectivity index (χ2v) is 17.4. The minimum atomic E-state index is -0.751. The summed E-state index contributed by atoms with van der Waals surface area (Å²) in [4.78, 5) is 59.8. The van der Waals surface area contributed by atoms with Crippen LogP contribution in [0.1, 0.15) is 83.7 Å². The van der Waals surface area contributed by atoms with E-state index in [2.05, 4.69) is 58.6 Å². The first kappa shape index (κ1) is 39.2. The first-order chi connectivity index (χ1) is 27.7. The number of H-pyrrole nitrogens is 2. The van der Waals surface area contributed by atoms with Gasteiger partial charge >= 0.3 is 12.2 Å². The molecule has 5 atom stereocenters. The first-order valence-corrected chi connectivity index (χ1v) is 20.1. The molecular weight excluding hydrogens is 739 g/mol. The molecule has 0 radical (unpaired) electrons. The van der Waals surface area contributed by atoms with Gasteiger partial charge in [-0.3, -0.25) is 9.69 Å². The highest BCUT2D eigenvalue weighted by Gasteiger charge is 2.42. The average Bonchev–Trinajstić information content (AvgIpc) is 4.00. The zero-order chi connectivity index (χ0) is 41.0. The van der Waals surface area contributed by atoms with Crippen LogP contribution in [0.15, 0.2) is 48.7 Å². The summed E-state index contributed by atoms with van der Waals surface area (Å²) in [6, 6.07) is 13.4. The van der Waals surface area contributed by atoms with Crippen LogP contribution in [0.3, 0.4) is 0 Å². The van der Waals surface area contributed by atoms with E-state index in [0.29, 0.717) is 44.5 Å². The first-order valence-electron chi connectivity index (χ1n) is 20.1. The summed E-state index contributed by atoms with van der Waals surface area (Å²) in [5.41, 5.74) is 6.10. The topological polar surface area (TPSA) is 164 Å². The lowest BCUT2D eigenvalue weighted by Crippen LogP contribution is -2.51. The summed E-state index contributed by atoms with van der Waals surface area (Å²) in [6.45, 7) is 13.6. The van der Waals surface area contributed by atoms with Crippen LogP contribution in [-0.2, 0) is 25.6 Å². The van der Waals surface area contributed by atoms with E-state index in [9.17, 15) is 14.4 Å². The fraction of sp³-hybridized carbons (Fsp3) is 0.477. The lowest BCUT2D eigenvalue weighted by atomic mass is 9.92. The Balaban J connectivity index is 1.07. The number of aromatic amines is 2. The molecule has 0 aliphatic carbocycles. The fourth-order valence-corrected chi connectivity index (χ4v) is 8.77. The van der Waals surface area contributed by atoms with Crippen molar-refractivity contribution in [2.24, 2.45) is 17.8 Å². The third kappa shape index (κ3) is 7.45. The van der Waals surface area contributed by atoms with Gasteiger partial charge < -0.3 is 39.1 Å². The highest BCUT2D eigenvalue weighted by Crippen LogP contribution is 2.44. The molecule has 5 aromatic rings. The molecule has 2 saturated heterocycles. The van der Waals surface area contributed by atoms with E-state index in [1.165, 1.54) is 7.11 Å². The Kier molecular flexibility index (Phi) is 10.3. The number of hydrogen-bond donors (Lipinski definition) is 3. The molecular formula is C44H53N7O7. The van der Waals surface area contributed by atoms with Gasteiger partial charge in [0.05, 0.1) is 48.7 Å². The predicted molar refractivity (Wildman–Crippen MR) is 219 cm³/mol. The van der Waals surface area contributed by atoms with E-state index in [-0.39, 0.29) is 35.9 Å². The Hall–Kier alpha value is -5.63. The monoisotopic (exact) mass is 791 g/mol. The average molecular weight is 792 g/mol. The van der Waals surface area contributed by atoms with Gasteiger partial charge in [0.25, 0.3) is 0 Å². The number of nitrogens with zero attached hydrogens (tertiary/aromatic N) is 4. The molecule has 3 amide bonds. The third-order valence-electron chi connectivity index (χ3n) is 11.5. The largest absolute Gasteiger partial charge is 0.488 e. The zero-order valence-corrected chi connectivity index (χ0v) is 34.5. The van der Waals surface area contributed by atoms with Crippen molar-refractivity contribution >= 4 is 39.9 Å². The van der Waals surface area contributed by atoms with Crippen molar-refractivity contribution in [2.45, 2.75) is 84.7 Å². The number of aromatic nitrogens is 4. The van der Waals surface area contributed by atoms with Gasteiger partial charge in [-0.2, -0.15) is 0 Å². The van der Waals surface area contributed by atoms with Crippen LogP contribution in [0, 0.1) is 17.8 Å². The summed E-state index contributed by atoms with van der Waals surface area (Å²) in [5.74, 6) is 2.32. The van der Waals surface area contributed by atoms with Crippen LogP contribution in [-0.4, -0.2) is 93.4 Å². The van der Waals surface area contributed by atoms with Crippen LogP contribution in [0.25, 0.3) is 44.2 Å². The summed E-state index contributed by atoms with van der Waals surface area (Å²) < 4.78 is 22.5. The molecule has 0 spiro atoms. The fourth-order valence-electron chi connectivity index (χ4n) is 8.77. The molecule has 14 nitrogen and oxygen atoms in total. The van der Waals surface area contributed by atoms with E-state index in [0.717, 1.165) is 67.7 Å². The molecule has 2 aromatic heterocycles. The zero-order valence-electron chi connectivity index (χ0n) is 34.5. The number of amides is 3. The minimum Gasteiger partial charge on any atom is -0.488 e. The number of likely N-dealkylation sites (tertiary alicyclic amines) is 2. The van der Waals surface area contributed by atoms with Crippen LogP contribution >= 0.6 is 0 Å². The normalized spacial score (nSPS) is 20.9. The molecule has 3 aliphatic heterocycles. The molecule has 0 saturated carbocycles. The number of fused-ring (bicyclic) bond motifs is 6. The summed E-state index contributed by atoms with van der Waals surface area (Å²) in [6.07, 6.45) is 2.35. The summed E-state index contributed by atoms with van der Waals surface area (Å²) >= 11 is 0. The molecule has 58 heavy (non-hydrogen) atoms. The van der Waals surface area contributed by atoms with Crippen molar-refractivity contribution in [3.8, 4) is 28.1 Å². The van der Waals surface area contributed by atoms with Crippen LogP contribution < -0.4 is 10.1 Å². The summed E-state index contributed by atoms with van der Waals surface area (Å²) in [5, 5.41) is 4.70. The van der Waals surface area contributed by atoms with Gasteiger partial charge in [0.2, 0.25) is 5.91 Å². The highest BCUT2D eigenvalue weighted by atomic mass is 16.6. The quantitative estimate of drug-likeness (QED) is 0.142. The van der Waals surface area contributed by atoms with Crippen molar-refractivity contribution in [3.05, 3.63) is 65.9 Å². The Bertz CT molecular complexity index is 2380. The maximum atomic E-state index is 14.0. The summed E-state index contributed by atoms with van der Waals surface area (Å²) in [7, 11) is 2.96. The molecule has 8 rings (SSSR count). The maximum Gasteiger partial charge on any atom is 0.410 e. The van der Waals surface area contributed by atoms with Gasteiger partial charge in [0, 0.05) is 37.1 Å². The Labute approximate surface area is 338 Å². The molecule has 3 aromatic carbocycles. The number of carbonyl (C=O) groups is 3. The predicted octanol–water partition coefficient (Wildman–Crippen LogP) is 7.90. The lowest BCUT2D eigenvalue weighted by molar-refractivity contribution is -0.135. The van der Waals surface area contributed by atoms with Crippen LogP contribution in [0.4, 0.5) is 9.59 Å². The second-order valence-electron chi connectivity index (χ2n) is 17.4. The maximum absolute atomic E-state index is 14.0. The van der Waals surface area contributed by atoms with Crippen molar-refractivity contribution in [2.75, 3.05) is 33.9 Å². The van der Waals surface area contributed by atoms with Gasteiger partial charge in [-0.1, -0.05) is 39.0 Å². The molecule has 4 unspecified atom stereocenters. The molecule has 306 valence electrons. The molecule has 3 aliphatic rings.